The molecule has 0 spiro atoms. The van der Waals surface area contributed by atoms with Gasteiger partial charge in [0.15, 0.2) is 0 Å². The molecule has 3 heteroatoms. The third-order valence-corrected chi connectivity index (χ3v) is 1.94. The third kappa shape index (κ3) is 1.91. The van der Waals surface area contributed by atoms with E-state index in [1.165, 1.54) is 13.2 Å². The number of ether oxygens (including phenoxy) is 1. The molecule has 1 atom stereocenters. The maximum absolute atomic E-state index is 13.2. The third-order valence-electron chi connectivity index (χ3n) is 1.66. The highest BCUT2D eigenvalue weighted by Crippen LogP contribution is 2.24. The lowest BCUT2D eigenvalue weighted by Gasteiger charge is -2.07. The highest BCUT2D eigenvalue weighted by atomic mass is 32.1. The van der Waals surface area contributed by atoms with E-state index in [4.69, 9.17) is 4.74 Å². The maximum atomic E-state index is 13.2. The molecule has 0 bridgehead atoms. The summed E-state index contributed by atoms with van der Waals surface area (Å²) in [6, 6.07) is 4.78. The summed E-state index contributed by atoms with van der Waals surface area (Å²) in [5, 5.41) is -0.0871. The molecule has 0 radical (unpaired) electrons. The van der Waals surface area contributed by atoms with E-state index in [1.807, 2.05) is 6.92 Å². The van der Waals surface area contributed by atoms with E-state index in [-0.39, 0.29) is 11.1 Å². The van der Waals surface area contributed by atoms with Crippen molar-refractivity contribution in [1.82, 2.24) is 0 Å². The van der Waals surface area contributed by atoms with E-state index in [0.717, 1.165) is 0 Å². The Morgan fingerprint density at radius 2 is 2.17 bits per heavy atom. The van der Waals surface area contributed by atoms with Crippen LogP contribution in [0.25, 0.3) is 0 Å². The van der Waals surface area contributed by atoms with Gasteiger partial charge >= 0.3 is 0 Å². The Kier molecular flexibility index (Phi) is 2.98. The fourth-order valence-electron chi connectivity index (χ4n) is 0.974. The zero-order valence-corrected chi connectivity index (χ0v) is 7.94. The number of thiol groups is 1. The van der Waals surface area contributed by atoms with Crippen LogP contribution in [0.2, 0.25) is 0 Å². The molecular formula is C9H11FOS. The van der Waals surface area contributed by atoms with Crippen LogP contribution >= 0.6 is 12.6 Å². The van der Waals surface area contributed by atoms with E-state index >= 15 is 0 Å². The van der Waals surface area contributed by atoms with Crippen molar-refractivity contribution in [3.8, 4) is 5.75 Å². The van der Waals surface area contributed by atoms with Crippen LogP contribution in [0.1, 0.15) is 17.7 Å². The van der Waals surface area contributed by atoms with E-state index in [1.54, 1.807) is 12.1 Å². The fourth-order valence-corrected chi connectivity index (χ4v) is 1.18. The van der Waals surface area contributed by atoms with Crippen molar-refractivity contribution in [1.29, 1.82) is 0 Å². The standard InChI is InChI=1S/C9H11FOS/c1-6(12)8-4-3-7(11-2)5-9(8)10/h3-6,12H,1-2H3. The Labute approximate surface area is 77.0 Å². The molecule has 0 aliphatic carbocycles. The lowest BCUT2D eigenvalue weighted by Crippen LogP contribution is -1.92. The van der Waals surface area contributed by atoms with Gasteiger partial charge in [-0.1, -0.05) is 6.07 Å². The molecule has 0 N–H and O–H groups in total. The van der Waals surface area contributed by atoms with Crippen LogP contribution in [0.3, 0.4) is 0 Å². The highest BCUT2D eigenvalue weighted by molar-refractivity contribution is 7.80. The van der Waals surface area contributed by atoms with Crippen molar-refractivity contribution in [2.45, 2.75) is 12.2 Å². The molecule has 1 aromatic rings. The van der Waals surface area contributed by atoms with Crippen LogP contribution in [-0.2, 0) is 0 Å². The van der Waals surface area contributed by atoms with E-state index in [2.05, 4.69) is 12.6 Å². The highest BCUT2D eigenvalue weighted by Gasteiger charge is 2.07. The Bertz CT molecular complexity index is 273. The second-order valence-corrected chi connectivity index (χ2v) is 3.34. The summed E-state index contributed by atoms with van der Waals surface area (Å²) in [4.78, 5) is 0. The van der Waals surface area contributed by atoms with Gasteiger partial charge in [0.1, 0.15) is 11.6 Å². The van der Waals surface area contributed by atoms with Gasteiger partial charge in [-0.25, -0.2) is 4.39 Å². The number of methoxy groups -OCH3 is 1. The molecule has 12 heavy (non-hydrogen) atoms. The van der Waals surface area contributed by atoms with Crippen LogP contribution in [0, 0.1) is 5.82 Å². The smallest absolute Gasteiger partial charge is 0.131 e. The summed E-state index contributed by atoms with van der Waals surface area (Å²) in [5.41, 5.74) is 0.596. The van der Waals surface area contributed by atoms with Gasteiger partial charge in [0.05, 0.1) is 7.11 Å². The first-order chi connectivity index (χ1) is 5.65. The largest absolute Gasteiger partial charge is 0.497 e. The molecule has 0 heterocycles. The number of hydrogen-bond acceptors (Lipinski definition) is 2. The zero-order chi connectivity index (χ0) is 9.14. The lowest BCUT2D eigenvalue weighted by atomic mass is 10.1. The van der Waals surface area contributed by atoms with Crippen molar-refractivity contribution in [3.63, 3.8) is 0 Å². The SMILES string of the molecule is COc1ccc(C(C)S)c(F)c1. The monoisotopic (exact) mass is 186 g/mol. The van der Waals surface area contributed by atoms with Crippen LogP contribution < -0.4 is 4.74 Å². The predicted molar refractivity (Wildman–Crippen MR) is 50.4 cm³/mol. The van der Waals surface area contributed by atoms with Crippen molar-refractivity contribution < 1.29 is 9.13 Å². The number of rotatable bonds is 2. The molecule has 1 nitrogen and oxygen atoms in total. The number of halogens is 1. The van der Waals surface area contributed by atoms with E-state index < -0.39 is 0 Å². The maximum Gasteiger partial charge on any atom is 0.131 e. The van der Waals surface area contributed by atoms with Crippen molar-refractivity contribution in [2.75, 3.05) is 7.11 Å². The topological polar surface area (TPSA) is 9.23 Å². The summed E-state index contributed by atoms with van der Waals surface area (Å²) in [6.45, 7) is 1.83. The Morgan fingerprint density at radius 3 is 2.58 bits per heavy atom. The van der Waals surface area contributed by atoms with E-state index in [9.17, 15) is 4.39 Å². The van der Waals surface area contributed by atoms with Crippen molar-refractivity contribution in [3.05, 3.63) is 29.6 Å². The fraction of sp³-hybridized carbons (Fsp3) is 0.333. The van der Waals surface area contributed by atoms with Gasteiger partial charge in [-0.15, -0.1) is 0 Å². The van der Waals surface area contributed by atoms with Gasteiger partial charge in [-0.3, -0.25) is 0 Å². The van der Waals surface area contributed by atoms with Crippen LogP contribution in [0.4, 0.5) is 4.39 Å². The summed E-state index contributed by atoms with van der Waals surface area (Å²) in [5.74, 6) is 0.266. The summed E-state index contributed by atoms with van der Waals surface area (Å²) in [7, 11) is 1.51. The minimum atomic E-state index is -0.267. The van der Waals surface area contributed by atoms with Crippen LogP contribution in [0.15, 0.2) is 18.2 Å². The van der Waals surface area contributed by atoms with E-state index in [0.29, 0.717) is 11.3 Å². The first-order valence-electron chi connectivity index (χ1n) is 3.66. The van der Waals surface area contributed by atoms with Crippen LogP contribution in [0.5, 0.6) is 5.75 Å². The minimum absolute atomic E-state index is 0.0871. The zero-order valence-electron chi connectivity index (χ0n) is 7.04. The first-order valence-corrected chi connectivity index (χ1v) is 4.18. The van der Waals surface area contributed by atoms with Gasteiger partial charge in [-0.05, 0) is 13.0 Å². The Balaban J connectivity index is 3.03. The van der Waals surface area contributed by atoms with Crippen molar-refractivity contribution >= 4 is 12.6 Å². The van der Waals surface area contributed by atoms with Gasteiger partial charge in [0.2, 0.25) is 0 Å². The summed E-state index contributed by atoms with van der Waals surface area (Å²) in [6.07, 6.45) is 0. The molecule has 1 rings (SSSR count). The molecule has 1 aromatic carbocycles. The van der Waals surface area contributed by atoms with Gasteiger partial charge in [-0.2, -0.15) is 12.6 Å². The molecule has 0 aliphatic rings. The molecule has 0 saturated carbocycles. The van der Waals surface area contributed by atoms with Gasteiger partial charge in [0.25, 0.3) is 0 Å². The normalized spacial score (nSPS) is 12.7. The lowest BCUT2D eigenvalue weighted by molar-refractivity contribution is 0.410. The average Bonchev–Trinajstić information content (AvgIpc) is 2.03. The second-order valence-electron chi connectivity index (χ2n) is 2.56. The van der Waals surface area contributed by atoms with Gasteiger partial charge in [0, 0.05) is 16.9 Å². The molecular weight excluding hydrogens is 175 g/mol. The Morgan fingerprint density at radius 1 is 1.50 bits per heavy atom. The molecule has 0 aromatic heterocycles. The molecule has 0 fully saturated rings. The molecule has 1 unspecified atom stereocenters. The molecule has 0 amide bonds. The molecule has 0 aliphatic heterocycles. The minimum Gasteiger partial charge on any atom is -0.497 e. The summed E-state index contributed by atoms with van der Waals surface area (Å²) < 4.78 is 18.0. The van der Waals surface area contributed by atoms with Crippen molar-refractivity contribution in [2.24, 2.45) is 0 Å². The summed E-state index contributed by atoms with van der Waals surface area (Å²) >= 11 is 4.14. The molecule has 66 valence electrons. The molecule has 0 saturated heterocycles. The van der Waals surface area contributed by atoms with Crippen LogP contribution in [-0.4, -0.2) is 7.11 Å². The Hall–Kier alpha value is -0.700. The average molecular weight is 186 g/mol. The quantitative estimate of drug-likeness (QED) is 0.699. The first kappa shape index (κ1) is 9.39. The predicted octanol–water partition coefficient (Wildman–Crippen LogP) is 2.83. The number of benzene rings is 1. The second kappa shape index (κ2) is 3.81. The van der Waals surface area contributed by atoms with Gasteiger partial charge < -0.3 is 4.74 Å². The number of hydrogen-bond donors (Lipinski definition) is 1.